The van der Waals surface area contributed by atoms with Gasteiger partial charge in [0.15, 0.2) is 0 Å². The van der Waals surface area contributed by atoms with Gasteiger partial charge in [0.25, 0.3) is 0 Å². The fourth-order valence-electron chi connectivity index (χ4n) is 4.89. The summed E-state index contributed by atoms with van der Waals surface area (Å²) in [4.78, 5) is 10.5. The largest absolute Gasteiger partial charge is 0.481 e. The molecule has 2 aliphatic heterocycles. The summed E-state index contributed by atoms with van der Waals surface area (Å²) >= 11 is 0. The van der Waals surface area contributed by atoms with Crippen molar-refractivity contribution >= 4 is 5.97 Å². The fourth-order valence-corrected chi connectivity index (χ4v) is 4.89. The maximum atomic E-state index is 10.5. The highest BCUT2D eigenvalue weighted by molar-refractivity contribution is 5.68. The van der Waals surface area contributed by atoms with E-state index in [1.807, 2.05) is 12.2 Å². The molecule has 1 N–H and O–H groups in total. The normalized spacial score (nSPS) is 34.8. The molecule has 3 rings (SSSR count). The van der Waals surface area contributed by atoms with E-state index in [1.54, 1.807) is 6.08 Å². The molecule has 23 heavy (non-hydrogen) atoms. The number of hydrogen-bond acceptors (Lipinski definition) is 2. The number of hydrogen-bond donors (Lipinski definition) is 1. The predicted molar refractivity (Wildman–Crippen MR) is 91.2 cm³/mol. The number of carboxylic acids is 1. The van der Waals surface area contributed by atoms with Crippen LogP contribution in [0.25, 0.3) is 0 Å². The van der Waals surface area contributed by atoms with Crippen LogP contribution in [0.2, 0.25) is 0 Å². The third-order valence-electron chi connectivity index (χ3n) is 6.00. The lowest BCUT2D eigenvalue weighted by Gasteiger charge is -2.32. The molecule has 128 valence electrons. The van der Waals surface area contributed by atoms with Gasteiger partial charge >= 0.3 is 5.97 Å². The minimum Gasteiger partial charge on any atom is -0.481 e. The number of fused-ring (bicyclic) bond motifs is 2. The Balaban J connectivity index is 1.50. The van der Waals surface area contributed by atoms with E-state index >= 15 is 0 Å². The molecule has 2 bridgehead atoms. The van der Waals surface area contributed by atoms with Crippen LogP contribution < -0.4 is 0 Å². The molecule has 1 aliphatic carbocycles. The maximum Gasteiger partial charge on any atom is 0.307 e. The first-order valence-corrected chi connectivity index (χ1v) is 9.43. The molecule has 0 aromatic carbocycles. The second kappa shape index (κ2) is 8.14. The summed E-state index contributed by atoms with van der Waals surface area (Å²) < 4.78 is 6.22. The highest BCUT2D eigenvalue weighted by atomic mass is 16.5. The van der Waals surface area contributed by atoms with Crippen LogP contribution in [0.3, 0.4) is 0 Å². The monoisotopic (exact) mass is 318 g/mol. The van der Waals surface area contributed by atoms with Crippen LogP contribution in [0.1, 0.15) is 64.2 Å². The average molecular weight is 318 g/mol. The zero-order valence-corrected chi connectivity index (χ0v) is 14.0. The van der Waals surface area contributed by atoms with Gasteiger partial charge in [-0.05, 0) is 43.4 Å². The Labute approximate surface area is 139 Å². The predicted octanol–water partition coefficient (Wildman–Crippen LogP) is 4.73. The van der Waals surface area contributed by atoms with Gasteiger partial charge in [-0.25, -0.2) is 0 Å². The molecule has 0 unspecified atom stereocenters. The fraction of sp³-hybridized carbons (Fsp3) is 0.750. The van der Waals surface area contributed by atoms with Crippen molar-refractivity contribution in [3.8, 4) is 0 Å². The molecule has 3 heteroatoms. The summed E-state index contributed by atoms with van der Waals surface area (Å²) in [6, 6.07) is 0. The number of carbonyl (C=O) groups is 1. The van der Waals surface area contributed by atoms with Gasteiger partial charge in [-0.1, -0.05) is 56.4 Å². The van der Waals surface area contributed by atoms with E-state index in [0.29, 0.717) is 18.1 Å². The molecule has 0 aromatic rings. The van der Waals surface area contributed by atoms with Crippen molar-refractivity contribution in [2.24, 2.45) is 17.8 Å². The quantitative estimate of drug-likeness (QED) is 0.690. The molecule has 0 aromatic heterocycles. The van der Waals surface area contributed by atoms with Gasteiger partial charge in [0, 0.05) is 0 Å². The van der Waals surface area contributed by atoms with Crippen LogP contribution in [0.15, 0.2) is 24.3 Å². The Bertz CT molecular complexity index is 448. The Morgan fingerprint density at radius 2 is 1.65 bits per heavy atom. The molecule has 3 fully saturated rings. The van der Waals surface area contributed by atoms with E-state index in [9.17, 15) is 4.79 Å². The highest BCUT2D eigenvalue weighted by Gasteiger charge is 2.48. The number of allylic oxidation sites excluding steroid dienone is 3. The van der Waals surface area contributed by atoms with Crippen LogP contribution in [0.5, 0.6) is 0 Å². The average Bonchev–Trinajstić information content (AvgIpc) is 3.14. The summed E-state index contributed by atoms with van der Waals surface area (Å²) in [5.41, 5.74) is 0. The zero-order valence-electron chi connectivity index (χ0n) is 14.0. The molecule has 0 amide bonds. The molecule has 1 saturated carbocycles. The van der Waals surface area contributed by atoms with Gasteiger partial charge in [-0.2, -0.15) is 0 Å². The Morgan fingerprint density at radius 1 is 0.957 bits per heavy atom. The number of aliphatic carboxylic acids is 1. The first-order chi connectivity index (χ1) is 11.2. The van der Waals surface area contributed by atoms with E-state index in [1.165, 1.54) is 51.4 Å². The van der Waals surface area contributed by atoms with Crippen LogP contribution in [0, 0.1) is 17.8 Å². The van der Waals surface area contributed by atoms with E-state index in [4.69, 9.17) is 9.84 Å². The zero-order chi connectivity index (χ0) is 16.1. The molecular formula is C20H30O3. The minimum atomic E-state index is -0.774. The van der Waals surface area contributed by atoms with E-state index < -0.39 is 5.97 Å². The minimum absolute atomic E-state index is 0.103. The Morgan fingerprint density at radius 3 is 2.39 bits per heavy atom. The van der Waals surface area contributed by atoms with E-state index in [0.717, 1.165) is 18.3 Å². The summed E-state index contributed by atoms with van der Waals surface area (Å²) in [6.45, 7) is 0. The van der Waals surface area contributed by atoms with Gasteiger partial charge in [-0.3, -0.25) is 4.79 Å². The van der Waals surface area contributed by atoms with Crippen LogP contribution in [0.4, 0.5) is 0 Å². The van der Waals surface area contributed by atoms with Gasteiger partial charge < -0.3 is 9.84 Å². The first-order valence-electron chi connectivity index (χ1n) is 9.43. The van der Waals surface area contributed by atoms with Crippen LogP contribution >= 0.6 is 0 Å². The standard InChI is InChI=1S/C20H30O3/c21-20(22)11-7-2-1-6-10-16-17(19-13-12-18(16)23-19)14-15-8-4-3-5-9-15/h1-2,6-7,15-19H,3-5,8-14H2,(H,21,22)/b6-1-,7-2?/t16-,17+,18-,19+/m0/s1. The molecule has 2 heterocycles. The van der Waals surface area contributed by atoms with Crippen LogP contribution in [-0.4, -0.2) is 23.3 Å². The molecule has 4 atom stereocenters. The van der Waals surface area contributed by atoms with Crippen molar-refractivity contribution in [1.29, 1.82) is 0 Å². The van der Waals surface area contributed by atoms with Crippen LogP contribution in [-0.2, 0) is 9.53 Å². The summed E-state index contributed by atoms with van der Waals surface area (Å²) in [5, 5.41) is 8.61. The number of carboxylic acid groups (broad SMARTS) is 1. The molecule has 2 saturated heterocycles. The first kappa shape index (κ1) is 16.8. The molecule has 3 nitrogen and oxygen atoms in total. The molecule has 3 aliphatic rings. The summed E-state index contributed by atoms with van der Waals surface area (Å²) in [6.07, 6.45) is 20.9. The maximum absolute atomic E-state index is 10.5. The van der Waals surface area contributed by atoms with Gasteiger partial charge in [0.05, 0.1) is 18.6 Å². The topological polar surface area (TPSA) is 46.5 Å². The number of rotatable bonds is 7. The van der Waals surface area contributed by atoms with Crippen molar-refractivity contribution in [3.05, 3.63) is 24.3 Å². The summed E-state index contributed by atoms with van der Waals surface area (Å²) in [7, 11) is 0. The lowest BCUT2D eigenvalue weighted by molar-refractivity contribution is -0.136. The lowest BCUT2D eigenvalue weighted by Crippen LogP contribution is -2.29. The van der Waals surface area contributed by atoms with Crippen molar-refractivity contribution in [2.45, 2.75) is 76.4 Å². The Kier molecular flexibility index (Phi) is 5.93. The summed E-state index contributed by atoms with van der Waals surface area (Å²) in [5.74, 6) is 1.59. The third-order valence-corrected chi connectivity index (χ3v) is 6.00. The van der Waals surface area contributed by atoms with Crippen molar-refractivity contribution in [2.75, 3.05) is 0 Å². The van der Waals surface area contributed by atoms with Crippen molar-refractivity contribution in [1.82, 2.24) is 0 Å². The van der Waals surface area contributed by atoms with Gasteiger partial charge in [0.2, 0.25) is 0 Å². The molecule has 0 radical (unpaired) electrons. The second-order valence-corrected chi connectivity index (χ2v) is 7.55. The van der Waals surface area contributed by atoms with Crippen molar-refractivity contribution < 1.29 is 14.6 Å². The lowest BCUT2D eigenvalue weighted by atomic mass is 9.71. The number of ether oxygens (including phenoxy) is 1. The van der Waals surface area contributed by atoms with E-state index in [-0.39, 0.29) is 6.42 Å². The highest BCUT2D eigenvalue weighted by Crippen LogP contribution is 2.48. The molecule has 0 spiro atoms. The van der Waals surface area contributed by atoms with E-state index in [2.05, 4.69) is 6.08 Å². The molecular weight excluding hydrogens is 288 g/mol. The van der Waals surface area contributed by atoms with Gasteiger partial charge in [0.1, 0.15) is 0 Å². The second-order valence-electron chi connectivity index (χ2n) is 7.55. The smallest absolute Gasteiger partial charge is 0.307 e. The Hall–Kier alpha value is -1.09. The van der Waals surface area contributed by atoms with Gasteiger partial charge in [-0.15, -0.1) is 0 Å². The third kappa shape index (κ3) is 4.47. The van der Waals surface area contributed by atoms with Crippen molar-refractivity contribution in [3.63, 3.8) is 0 Å². The SMILES string of the molecule is O=C(O)CC=C/C=C\C[C@H]1[C@@H](CC2CCCCC2)[C@H]2CC[C@@H]1O2.